The summed E-state index contributed by atoms with van der Waals surface area (Å²) in [5.41, 5.74) is 0.124. The fraction of sp³-hybridized carbons (Fsp3) is 0.385. The van der Waals surface area contributed by atoms with Crippen LogP contribution in [0.15, 0.2) is 18.2 Å². The summed E-state index contributed by atoms with van der Waals surface area (Å²) in [6.07, 6.45) is 1.30. The lowest BCUT2D eigenvalue weighted by atomic mass is 9.95. The van der Waals surface area contributed by atoms with E-state index in [1.807, 2.05) is 0 Å². The predicted molar refractivity (Wildman–Crippen MR) is 71.6 cm³/mol. The van der Waals surface area contributed by atoms with Crippen LogP contribution in [0.2, 0.25) is 5.02 Å². The third kappa shape index (κ3) is 6.45. The van der Waals surface area contributed by atoms with Gasteiger partial charge in [-0.15, -0.1) is 0 Å². The van der Waals surface area contributed by atoms with Gasteiger partial charge in [0.05, 0.1) is 19.8 Å². The van der Waals surface area contributed by atoms with E-state index in [1.54, 1.807) is 6.92 Å². The largest absolute Gasteiger partial charge is 0.396 e. The van der Waals surface area contributed by atoms with Crippen LogP contribution in [0.25, 0.3) is 0 Å². The molecule has 19 heavy (non-hydrogen) atoms. The van der Waals surface area contributed by atoms with Crippen LogP contribution in [-0.4, -0.2) is 47.7 Å². The number of aldehydes is 2. The highest BCUT2D eigenvalue weighted by Gasteiger charge is 2.20. The second-order valence-corrected chi connectivity index (χ2v) is 4.78. The third-order valence-electron chi connectivity index (χ3n) is 2.36. The molecule has 3 N–H and O–H groups in total. The van der Waals surface area contributed by atoms with Crippen LogP contribution in [0.3, 0.4) is 0 Å². The van der Waals surface area contributed by atoms with Crippen LogP contribution in [0.4, 0.5) is 0 Å². The number of carbonyl (C=O) groups is 2. The molecule has 0 unspecified atom stereocenters. The lowest BCUT2D eigenvalue weighted by Crippen LogP contribution is -2.29. The first-order chi connectivity index (χ1) is 8.94. The van der Waals surface area contributed by atoms with Crippen molar-refractivity contribution < 1.29 is 24.9 Å². The second kappa shape index (κ2) is 8.77. The van der Waals surface area contributed by atoms with Gasteiger partial charge in [0.15, 0.2) is 0 Å². The number of benzene rings is 1. The van der Waals surface area contributed by atoms with Gasteiger partial charge in [-0.2, -0.15) is 0 Å². The van der Waals surface area contributed by atoms with Crippen LogP contribution < -0.4 is 0 Å². The summed E-state index contributed by atoms with van der Waals surface area (Å²) in [4.78, 5) is 20.5. The third-order valence-corrected chi connectivity index (χ3v) is 2.58. The molecule has 1 aromatic rings. The fourth-order valence-corrected chi connectivity index (χ4v) is 1.17. The zero-order valence-electron chi connectivity index (χ0n) is 10.5. The Morgan fingerprint density at radius 3 is 1.58 bits per heavy atom. The van der Waals surface area contributed by atoms with Crippen molar-refractivity contribution in [1.82, 2.24) is 0 Å². The van der Waals surface area contributed by atoms with Gasteiger partial charge in [0.2, 0.25) is 0 Å². The van der Waals surface area contributed by atoms with E-state index in [0.29, 0.717) is 28.7 Å². The Morgan fingerprint density at radius 1 is 1.00 bits per heavy atom. The first-order valence-corrected chi connectivity index (χ1v) is 5.86. The molecular weight excluding hydrogens is 272 g/mol. The monoisotopic (exact) mass is 288 g/mol. The van der Waals surface area contributed by atoms with E-state index >= 15 is 0 Å². The molecular formula is C13H17ClO5. The first kappa shape index (κ1) is 17.7. The number of halogens is 1. The maximum atomic E-state index is 10.3. The van der Waals surface area contributed by atoms with Gasteiger partial charge < -0.3 is 15.3 Å². The normalized spacial score (nSPS) is 10.4. The number of rotatable bonds is 5. The van der Waals surface area contributed by atoms with Crippen LogP contribution in [-0.2, 0) is 0 Å². The quantitative estimate of drug-likeness (QED) is 0.701. The van der Waals surface area contributed by atoms with Crippen molar-refractivity contribution in [1.29, 1.82) is 0 Å². The Kier molecular flexibility index (Phi) is 8.18. The van der Waals surface area contributed by atoms with Gasteiger partial charge in [0.25, 0.3) is 0 Å². The molecule has 0 fully saturated rings. The minimum atomic E-state index is -0.708. The molecule has 0 bridgehead atoms. The van der Waals surface area contributed by atoms with E-state index in [4.69, 9.17) is 26.9 Å². The van der Waals surface area contributed by atoms with E-state index < -0.39 is 5.41 Å². The Balaban J connectivity index is 0.000000362. The summed E-state index contributed by atoms with van der Waals surface area (Å²) in [5, 5.41) is 25.8. The highest BCUT2D eigenvalue weighted by molar-refractivity contribution is 6.31. The molecule has 1 aromatic carbocycles. The molecule has 106 valence electrons. The number of hydrogen-bond acceptors (Lipinski definition) is 5. The fourth-order valence-electron chi connectivity index (χ4n) is 0.922. The molecule has 0 saturated carbocycles. The smallest absolute Gasteiger partial charge is 0.150 e. The minimum absolute atomic E-state index is 0.181. The Labute approximate surface area is 116 Å². The van der Waals surface area contributed by atoms with Gasteiger partial charge in [0, 0.05) is 21.6 Å². The standard InChI is InChI=1S/C8H5ClO2.C5H12O3/c9-8-2-6(4-10)1-7(3-8)5-11;1-5(2-6,3-7)4-8/h1-5H;6-8H,2-4H2,1H3. The molecule has 1 rings (SSSR count). The zero-order chi connectivity index (χ0) is 14.9. The molecule has 0 amide bonds. The van der Waals surface area contributed by atoms with E-state index in [9.17, 15) is 9.59 Å². The zero-order valence-corrected chi connectivity index (χ0v) is 11.3. The summed E-state index contributed by atoms with van der Waals surface area (Å²) in [7, 11) is 0. The topological polar surface area (TPSA) is 94.8 Å². The lowest BCUT2D eigenvalue weighted by molar-refractivity contribution is 0.0200. The van der Waals surface area contributed by atoms with Gasteiger partial charge in [0.1, 0.15) is 12.6 Å². The van der Waals surface area contributed by atoms with Gasteiger partial charge in [-0.3, -0.25) is 9.59 Å². The maximum absolute atomic E-state index is 10.3. The molecule has 0 aromatic heterocycles. The van der Waals surface area contributed by atoms with Crippen molar-refractivity contribution in [2.24, 2.45) is 5.41 Å². The Bertz CT molecular complexity index is 381. The number of aliphatic hydroxyl groups excluding tert-OH is 3. The minimum Gasteiger partial charge on any atom is -0.396 e. The summed E-state index contributed by atoms with van der Waals surface area (Å²) in [6, 6.07) is 4.48. The van der Waals surface area contributed by atoms with Gasteiger partial charge >= 0.3 is 0 Å². The molecule has 0 aliphatic heterocycles. The summed E-state index contributed by atoms with van der Waals surface area (Å²) < 4.78 is 0. The summed E-state index contributed by atoms with van der Waals surface area (Å²) in [5.74, 6) is 0. The molecule has 0 aliphatic carbocycles. The summed E-state index contributed by atoms with van der Waals surface area (Å²) in [6.45, 7) is 1.06. The van der Waals surface area contributed by atoms with Crippen LogP contribution >= 0.6 is 11.6 Å². The van der Waals surface area contributed by atoms with Crippen molar-refractivity contribution in [3.8, 4) is 0 Å². The molecule has 0 spiro atoms. The molecule has 0 aliphatic rings. The van der Waals surface area contributed by atoms with Gasteiger partial charge in [-0.25, -0.2) is 0 Å². The SMILES string of the molecule is CC(CO)(CO)CO.O=Cc1cc(Cl)cc(C=O)c1. The van der Waals surface area contributed by atoms with Crippen LogP contribution in [0.1, 0.15) is 27.6 Å². The molecule has 0 atom stereocenters. The van der Waals surface area contributed by atoms with Crippen molar-refractivity contribution in [2.45, 2.75) is 6.92 Å². The van der Waals surface area contributed by atoms with E-state index in [2.05, 4.69) is 0 Å². The van der Waals surface area contributed by atoms with Gasteiger partial charge in [-0.1, -0.05) is 18.5 Å². The highest BCUT2D eigenvalue weighted by atomic mass is 35.5. The molecule has 0 radical (unpaired) electrons. The van der Waals surface area contributed by atoms with Crippen molar-refractivity contribution in [3.05, 3.63) is 34.3 Å². The maximum Gasteiger partial charge on any atom is 0.150 e. The Morgan fingerprint density at radius 2 is 1.37 bits per heavy atom. The molecule has 6 heteroatoms. The van der Waals surface area contributed by atoms with E-state index in [1.165, 1.54) is 18.2 Å². The molecule has 5 nitrogen and oxygen atoms in total. The molecule has 0 heterocycles. The average Bonchev–Trinajstić information content (AvgIpc) is 2.46. The van der Waals surface area contributed by atoms with Crippen molar-refractivity contribution in [3.63, 3.8) is 0 Å². The van der Waals surface area contributed by atoms with E-state index in [0.717, 1.165) is 0 Å². The van der Waals surface area contributed by atoms with Crippen LogP contribution in [0.5, 0.6) is 0 Å². The van der Waals surface area contributed by atoms with Crippen molar-refractivity contribution in [2.75, 3.05) is 19.8 Å². The summed E-state index contributed by atoms with van der Waals surface area (Å²) >= 11 is 5.59. The average molecular weight is 289 g/mol. The highest BCUT2D eigenvalue weighted by Crippen LogP contribution is 2.12. The van der Waals surface area contributed by atoms with Crippen LogP contribution in [0, 0.1) is 5.41 Å². The predicted octanol–water partition coefficient (Wildman–Crippen LogP) is 0.935. The first-order valence-electron chi connectivity index (χ1n) is 5.48. The number of aliphatic hydroxyl groups is 3. The Hall–Kier alpha value is -1.27. The number of hydrogen-bond donors (Lipinski definition) is 3. The van der Waals surface area contributed by atoms with Gasteiger partial charge in [-0.05, 0) is 18.2 Å². The number of carbonyl (C=O) groups excluding carboxylic acids is 2. The van der Waals surface area contributed by atoms with Crippen molar-refractivity contribution >= 4 is 24.2 Å². The second-order valence-electron chi connectivity index (χ2n) is 4.34. The van der Waals surface area contributed by atoms with E-state index in [-0.39, 0.29) is 19.8 Å². The molecule has 0 saturated heterocycles. The lowest BCUT2D eigenvalue weighted by Gasteiger charge is -2.20.